The Morgan fingerprint density at radius 1 is 1.36 bits per heavy atom. The van der Waals surface area contributed by atoms with Crippen molar-refractivity contribution in [2.75, 3.05) is 19.5 Å². The maximum absolute atomic E-state index is 5.13. The molecule has 1 heterocycles. The lowest BCUT2D eigenvalue weighted by molar-refractivity contribution is 0.414. The van der Waals surface area contributed by atoms with E-state index in [0.717, 1.165) is 22.3 Å². The molecule has 3 nitrogen and oxygen atoms in total. The number of benzene rings is 1. The number of pyridine rings is 1. The van der Waals surface area contributed by atoms with Crippen LogP contribution in [0.4, 0.5) is 5.69 Å². The van der Waals surface area contributed by atoms with Gasteiger partial charge < -0.3 is 10.1 Å². The van der Waals surface area contributed by atoms with Crippen LogP contribution in [0.2, 0.25) is 0 Å². The third kappa shape index (κ3) is 1.37. The Bertz CT molecular complexity index is 454. The van der Waals surface area contributed by atoms with Crippen molar-refractivity contribution in [3.63, 3.8) is 0 Å². The molecule has 1 N–H and O–H groups in total. The zero-order valence-electron chi connectivity index (χ0n) is 8.24. The molecule has 14 heavy (non-hydrogen) atoms. The lowest BCUT2D eigenvalue weighted by atomic mass is 10.2. The van der Waals surface area contributed by atoms with E-state index in [9.17, 15) is 0 Å². The third-order valence-corrected chi connectivity index (χ3v) is 2.21. The molecule has 0 aliphatic rings. The summed E-state index contributed by atoms with van der Waals surface area (Å²) in [6.07, 6.45) is 1.72. The summed E-state index contributed by atoms with van der Waals surface area (Å²) >= 11 is 0. The molecule has 0 unspecified atom stereocenters. The van der Waals surface area contributed by atoms with Crippen molar-refractivity contribution in [2.45, 2.75) is 0 Å². The van der Waals surface area contributed by atoms with Gasteiger partial charge in [0.1, 0.15) is 5.75 Å². The Balaban J connectivity index is 2.70. The topological polar surface area (TPSA) is 34.2 Å². The van der Waals surface area contributed by atoms with Crippen LogP contribution in [0.25, 0.3) is 10.9 Å². The van der Waals surface area contributed by atoms with Crippen molar-refractivity contribution in [2.24, 2.45) is 0 Å². The van der Waals surface area contributed by atoms with Gasteiger partial charge in [-0.3, -0.25) is 4.98 Å². The molecule has 0 fully saturated rings. The van der Waals surface area contributed by atoms with Crippen molar-refractivity contribution in [1.29, 1.82) is 0 Å². The summed E-state index contributed by atoms with van der Waals surface area (Å²) < 4.78 is 5.13. The van der Waals surface area contributed by atoms with Gasteiger partial charge in [-0.2, -0.15) is 0 Å². The fraction of sp³-hybridized carbons (Fsp3) is 0.182. The summed E-state index contributed by atoms with van der Waals surface area (Å²) in [6, 6.07) is 7.96. The second kappa shape index (κ2) is 3.54. The van der Waals surface area contributed by atoms with Gasteiger partial charge in [0.2, 0.25) is 0 Å². The number of hydrogen-bond donors (Lipinski definition) is 1. The number of fused-ring (bicyclic) bond motifs is 1. The largest absolute Gasteiger partial charge is 0.495 e. The van der Waals surface area contributed by atoms with Crippen molar-refractivity contribution in [3.8, 4) is 5.75 Å². The lowest BCUT2D eigenvalue weighted by Gasteiger charge is -2.06. The molecule has 72 valence electrons. The van der Waals surface area contributed by atoms with Gasteiger partial charge in [-0.25, -0.2) is 0 Å². The Labute approximate surface area is 82.7 Å². The molecule has 0 saturated heterocycles. The summed E-state index contributed by atoms with van der Waals surface area (Å²) in [4.78, 5) is 4.30. The minimum Gasteiger partial charge on any atom is -0.495 e. The molecule has 2 aromatic rings. The molecule has 0 bridgehead atoms. The van der Waals surface area contributed by atoms with E-state index < -0.39 is 0 Å². The van der Waals surface area contributed by atoms with Crippen LogP contribution in [0.15, 0.2) is 30.5 Å². The van der Waals surface area contributed by atoms with Gasteiger partial charge in [0.05, 0.1) is 18.8 Å². The number of nitrogens with zero attached hydrogens (tertiary/aromatic N) is 1. The van der Waals surface area contributed by atoms with E-state index in [1.807, 2.05) is 31.3 Å². The molecule has 3 heteroatoms. The number of rotatable bonds is 2. The van der Waals surface area contributed by atoms with E-state index in [1.54, 1.807) is 13.3 Å². The van der Waals surface area contributed by atoms with Crippen LogP contribution in [0.1, 0.15) is 0 Å². The number of nitrogens with one attached hydrogen (secondary N) is 1. The Morgan fingerprint density at radius 3 is 2.93 bits per heavy atom. The van der Waals surface area contributed by atoms with E-state index in [0.29, 0.717) is 0 Å². The fourth-order valence-corrected chi connectivity index (χ4v) is 1.46. The molecule has 0 amide bonds. The van der Waals surface area contributed by atoms with Crippen LogP contribution in [0.3, 0.4) is 0 Å². The van der Waals surface area contributed by atoms with Gasteiger partial charge in [-0.05, 0) is 18.2 Å². The summed E-state index contributed by atoms with van der Waals surface area (Å²) in [5, 5.41) is 4.20. The highest BCUT2D eigenvalue weighted by Gasteiger charge is 2.01. The van der Waals surface area contributed by atoms with E-state index in [4.69, 9.17) is 4.74 Å². The van der Waals surface area contributed by atoms with E-state index >= 15 is 0 Å². The SMILES string of the molecule is CNc1cccc2ncc(OC)cc12. The Morgan fingerprint density at radius 2 is 2.21 bits per heavy atom. The van der Waals surface area contributed by atoms with Gasteiger partial charge in [-0.1, -0.05) is 6.07 Å². The molecule has 1 aromatic heterocycles. The fourth-order valence-electron chi connectivity index (χ4n) is 1.46. The minimum atomic E-state index is 0.778. The van der Waals surface area contributed by atoms with Crippen LogP contribution >= 0.6 is 0 Å². The molecule has 0 spiro atoms. The van der Waals surface area contributed by atoms with E-state index in [1.165, 1.54) is 0 Å². The lowest BCUT2D eigenvalue weighted by Crippen LogP contribution is -1.91. The van der Waals surface area contributed by atoms with Crippen molar-refractivity contribution < 1.29 is 4.74 Å². The highest BCUT2D eigenvalue weighted by Crippen LogP contribution is 2.24. The first-order valence-corrected chi connectivity index (χ1v) is 4.45. The second-order valence-electron chi connectivity index (χ2n) is 3.00. The first-order chi connectivity index (χ1) is 6.85. The first-order valence-electron chi connectivity index (χ1n) is 4.45. The second-order valence-corrected chi connectivity index (χ2v) is 3.00. The van der Waals surface area contributed by atoms with Crippen LogP contribution < -0.4 is 10.1 Å². The molecule has 0 aliphatic heterocycles. The molecular formula is C11H12N2O. The highest BCUT2D eigenvalue weighted by atomic mass is 16.5. The van der Waals surface area contributed by atoms with Gasteiger partial charge >= 0.3 is 0 Å². The number of hydrogen-bond acceptors (Lipinski definition) is 3. The van der Waals surface area contributed by atoms with Crippen LogP contribution in [-0.4, -0.2) is 19.1 Å². The van der Waals surface area contributed by atoms with Crippen LogP contribution in [-0.2, 0) is 0 Å². The standard InChI is InChI=1S/C11H12N2O/c1-12-10-4-3-5-11-9(10)6-8(14-2)7-13-11/h3-7,12H,1-2H3. The molecule has 0 aliphatic carbocycles. The monoisotopic (exact) mass is 188 g/mol. The smallest absolute Gasteiger partial charge is 0.137 e. The van der Waals surface area contributed by atoms with Gasteiger partial charge in [0.25, 0.3) is 0 Å². The predicted molar refractivity (Wildman–Crippen MR) is 57.8 cm³/mol. The maximum atomic E-state index is 5.13. The number of aromatic nitrogens is 1. The molecule has 0 radical (unpaired) electrons. The zero-order chi connectivity index (χ0) is 9.97. The minimum absolute atomic E-state index is 0.778. The maximum Gasteiger partial charge on any atom is 0.137 e. The summed E-state index contributed by atoms with van der Waals surface area (Å²) in [5.74, 6) is 0.778. The molecule has 1 aromatic carbocycles. The highest BCUT2D eigenvalue weighted by molar-refractivity contribution is 5.91. The van der Waals surface area contributed by atoms with Crippen LogP contribution in [0.5, 0.6) is 5.75 Å². The van der Waals surface area contributed by atoms with Crippen molar-refractivity contribution in [3.05, 3.63) is 30.5 Å². The molecule has 2 rings (SSSR count). The first kappa shape index (κ1) is 8.81. The van der Waals surface area contributed by atoms with E-state index in [-0.39, 0.29) is 0 Å². The quantitative estimate of drug-likeness (QED) is 0.785. The van der Waals surface area contributed by atoms with E-state index in [2.05, 4.69) is 10.3 Å². The van der Waals surface area contributed by atoms with Gasteiger partial charge in [0, 0.05) is 18.1 Å². The predicted octanol–water partition coefficient (Wildman–Crippen LogP) is 2.29. The summed E-state index contributed by atoms with van der Waals surface area (Å²) in [5.41, 5.74) is 2.03. The third-order valence-electron chi connectivity index (χ3n) is 2.21. The number of methoxy groups -OCH3 is 1. The Kier molecular flexibility index (Phi) is 2.23. The zero-order valence-corrected chi connectivity index (χ0v) is 8.24. The molecule has 0 saturated carbocycles. The average Bonchev–Trinajstić information content (AvgIpc) is 2.27. The normalized spacial score (nSPS) is 10.1. The van der Waals surface area contributed by atoms with Crippen molar-refractivity contribution >= 4 is 16.6 Å². The Hall–Kier alpha value is -1.77. The number of ether oxygens (including phenoxy) is 1. The summed E-state index contributed by atoms with van der Waals surface area (Å²) in [7, 11) is 3.54. The molecular weight excluding hydrogens is 176 g/mol. The average molecular weight is 188 g/mol. The van der Waals surface area contributed by atoms with Crippen LogP contribution in [0, 0.1) is 0 Å². The van der Waals surface area contributed by atoms with Crippen molar-refractivity contribution in [1.82, 2.24) is 4.98 Å². The van der Waals surface area contributed by atoms with Gasteiger partial charge in [-0.15, -0.1) is 0 Å². The summed E-state index contributed by atoms with van der Waals surface area (Å²) in [6.45, 7) is 0. The molecule has 0 atom stereocenters. The van der Waals surface area contributed by atoms with Gasteiger partial charge in [0.15, 0.2) is 0 Å². The number of anilines is 1.